The summed E-state index contributed by atoms with van der Waals surface area (Å²) in [7, 11) is 0. The maximum Gasteiger partial charge on any atom is 0.276 e. The third kappa shape index (κ3) is 3.62. The van der Waals surface area contributed by atoms with Gasteiger partial charge in [0, 0.05) is 31.5 Å². The van der Waals surface area contributed by atoms with E-state index in [1.165, 1.54) is 5.56 Å². The van der Waals surface area contributed by atoms with Gasteiger partial charge in [-0.1, -0.05) is 5.21 Å². The first-order valence-corrected chi connectivity index (χ1v) is 9.57. The highest BCUT2D eigenvalue weighted by atomic mass is 16.2. The molecule has 4 rings (SSSR count). The minimum Gasteiger partial charge on any atom is -0.337 e. The van der Waals surface area contributed by atoms with Crippen LogP contribution in [0.5, 0.6) is 0 Å². The summed E-state index contributed by atoms with van der Waals surface area (Å²) in [6.45, 7) is 1.52. The molecule has 2 N–H and O–H groups in total. The molecular formula is C19H26N6O. The van der Waals surface area contributed by atoms with Gasteiger partial charge in [0.1, 0.15) is 0 Å². The quantitative estimate of drug-likeness (QED) is 0.912. The third-order valence-corrected chi connectivity index (χ3v) is 5.80. The fourth-order valence-corrected chi connectivity index (χ4v) is 4.13. The van der Waals surface area contributed by atoms with E-state index in [2.05, 4.69) is 27.4 Å². The Labute approximate surface area is 153 Å². The van der Waals surface area contributed by atoms with Crippen molar-refractivity contribution < 1.29 is 4.79 Å². The molecule has 0 aromatic carbocycles. The number of carbonyl (C=O) groups is 1. The Kier molecular flexibility index (Phi) is 4.97. The maximum atomic E-state index is 12.8. The number of amides is 1. The molecule has 2 aromatic heterocycles. The molecule has 138 valence electrons. The average Bonchev–Trinajstić information content (AvgIpc) is 3.19. The molecule has 7 nitrogen and oxygen atoms in total. The Morgan fingerprint density at radius 3 is 2.42 bits per heavy atom. The van der Waals surface area contributed by atoms with Gasteiger partial charge in [-0.15, -0.1) is 5.10 Å². The van der Waals surface area contributed by atoms with Crippen molar-refractivity contribution in [1.29, 1.82) is 0 Å². The summed E-state index contributed by atoms with van der Waals surface area (Å²) in [5, 5.41) is 8.36. The highest BCUT2D eigenvalue weighted by Gasteiger charge is 2.27. The van der Waals surface area contributed by atoms with Crippen LogP contribution in [0, 0.1) is 0 Å². The summed E-state index contributed by atoms with van der Waals surface area (Å²) in [5.41, 5.74) is 7.74. The fraction of sp³-hybridized carbons (Fsp3) is 0.579. The largest absolute Gasteiger partial charge is 0.337 e. The van der Waals surface area contributed by atoms with Gasteiger partial charge >= 0.3 is 0 Å². The van der Waals surface area contributed by atoms with E-state index >= 15 is 0 Å². The lowest BCUT2D eigenvalue weighted by Crippen LogP contribution is -2.38. The van der Waals surface area contributed by atoms with Crippen LogP contribution in [0.4, 0.5) is 0 Å². The highest BCUT2D eigenvalue weighted by molar-refractivity contribution is 5.92. The second-order valence-corrected chi connectivity index (χ2v) is 7.50. The first-order valence-electron chi connectivity index (χ1n) is 9.57. The van der Waals surface area contributed by atoms with E-state index < -0.39 is 0 Å². The van der Waals surface area contributed by atoms with Gasteiger partial charge in [-0.2, -0.15) is 0 Å². The zero-order valence-electron chi connectivity index (χ0n) is 15.0. The van der Waals surface area contributed by atoms with E-state index in [-0.39, 0.29) is 5.91 Å². The molecule has 1 saturated heterocycles. The van der Waals surface area contributed by atoms with E-state index in [1.807, 2.05) is 28.2 Å². The standard InChI is InChI=1S/C19H26N6O/c20-16-1-3-17(4-2-16)25-13-18(22-23-25)19(26)24-11-7-15(8-12-24)14-5-9-21-10-6-14/h5-6,9-10,13,15-17H,1-4,7-8,11-12,20H2. The lowest BCUT2D eigenvalue weighted by Gasteiger charge is -2.31. The average molecular weight is 354 g/mol. The Morgan fingerprint density at radius 1 is 1.04 bits per heavy atom. The fourth-order valence-electron chi connectivity index (χ4n) is 4.13. The number of hydrogen-bond donors (Lipinski definition) is 1. The number of aromatic nitrogens is 4. The normalized spacial score (nSPS) is 24.6. The number of nitrogens with zero attached hydrogens (tertiary/aromatic N) is 5. The van der Waals surface area contributed by atoms with Crippen molar-refractivity contribution >= 4 is 5.91 Å². The lowest BCUT2D eigenvalue weighted by atomic mass is 9.90. The Bertz CT molecular complexity index is 729. The van der Waals surface area contributed by atoms with E-state index in [9.17, 15) is 4.79 Å². The second kappa shape index (κ2) is 7.53. The number of hydrogen-bond acceptors (Lipinski definition) is 5. The number of nitrogens with two attached hydrogens (primary N) is 1. The van der Waals surface area contributed by atoms with Gasteiger partial charge in [-0.3, -0.25) is 9.78 Å². The Morgan fingerprint density at radius 2 is 1.73 bits per heavy atom. The zero-order valence-corrected chi connectivity index (χ0v) is 15.0. The first kappa shape index (κ1) is 17.1. The minimum atomic E-state index is -0.00283. The summed E-state index contributed by atoms with van der Waals surface area (Å²) in [6.07, 6.45) is 11.5. The molecule has 26 heavy (non-hydrogen) atoms. The van der Waals surface area contributed by atoms with Crippen molar-refractivity contribution in [2.45, 2.75) is 56.5 Å². The molecule has 3 heterocycles. The van der Waals surface area contributed by atoms with Gasteiger partial charge < -0.3 is 10.6 Å². The minimum absolute atomic E-state index is 0.00283. The van der Waals surface area contributed by atoms with Crippen molar-refractivity contribution in [3.8, 4) is 0 Å². The lowest BCUT2D eigenvalue weighted by molar-refractivity contribution is 0.0707. The third-order valence-electron chi connectivity index (χ3n) is 5.80. The smallest absolute Gasteiger partial charge is 0.276 e. The van der Waals surface area contributed by atoms with Crippen molar-refractivity contribution in [3.05, 3.63) is 42.0 Å². The zero-order chi connectivity index (χ0) is 17.9. The Hall–Kier alpha value is -2.28. The van der Waals surface area contributed by atoms with Crippen LogP contribution < -0.4 is 5.73 Å². The van der Waals surface area contributed by atoms with Gasteiger partial charge in [-0.25, -0.2) is 4.68 Å². The first-order chi connectivity index (χ1) is 12.7. The molecule has 1 aliphatic heterocycles. The molecule has 7 heteroatoms. The molecule has 2 aliphatic rings. The predicted octanol–water partition coefficient (Wildman–Crippen LogP) is 2.14. The molecule has 2 fully saturated rings. The molecule has 0 atom stereocenters. The number of rotatable bonds is 3. The van der Waals surface area contributed by atoms with Crippen LogP contribution in [0.2, 0.25) is 0 Å². The van der Waals surface area contributed by atoms with Crippen LogP contribution in [-0.4, -0.2) is 49.9 Å². The topological polar surface area (TPSA) is 89.9 Å². The van der Waals surface area contributed by atoms with Crippen molar-refractivity contribution in [1.82, 2.24) is 24.9 Å². The van der Waals surface area contributed by atoms with E-state index in [1.54, 1.807) is 0 Å². The van der Waals surface area contributed by atoms with Gasteiger partial charge in [0.2, 0.25) is 0 Å². The van der Waals surface area contributed by atoms with Crippen LogP contribution >= 0.6 is 0 Å². The van der Waals surface area contributed by atoms with Crippen LogP contribution in [0.1, 0.15) is 66.5 Å². The molecule has 0 radical (unpaired) electrons. The monoisotopic (exact) mass is 354 g/mol. The summed E-state index contributed by atoms with van der Waals surface area (Å²) in [6, 6.07) is 4.77. The van der Waals surface area contributed by atoms with Gasteiger partial charge in [0.15, 0.2) is 5.69 Å². The maximum absolute atomic E-state index is 12.8. The summed E-state index contributed by atoms with van der Waals surface area (Å²) < 4.78 is 1.86. The van der Waals surface area contributed by atoms with Gasteiger partial charge in [-0.05, 0) is 62.1 Å². The van der Waals surface area contributed by atoms with E-state index in [0.29, 0.717) is 23.7 Å². The van der Waals surface area contributed by atoms with Crippen LogP contribution in [0.3, 0.4) is 0 Å². The van der Waals surface area contributed by atoms with Crippen LogP contribution in [0.25, 0.3) is 0 Å². The summed E-state index contributed by atoms with van der Waals surface area (Å²) in [4.78, 5) is 18.8. The molecule has 1 aliphatic carbocycles. The SMILES string of the molecule is NC1CCC(n2cc(C(=O)N3CCC(c4ccncc4)CC3)nn2)CC1. The summed E-state index contributed by atoms with van der Waals surface area (Å²) in [5.74, 6) is 0.501. The molecule has 2 aromatic rings. The molecule has 0 unspecified atom stereocenters. The molecule has 0 spiro atoms. The molecule has 0 bridgehead atoms. The van der Waals surface area contributed by atoms with Crippen molar-refractivity contribution in [2.75, 3.05) is 13.1 Å². The Balaban J connectivity index is 1.35. The van der Waals surface area contributed by atoms with Crippen molar-refractivity contribution in [2.24, 2.45) is 5.73 Å². The molecular weight excluding hydrogens is 328 g/mol. The second-order valence-electron chi connectivity index (χ2n) is 7.50. The van der Waals surface area contributed by atoms with Crippen LogP contribution in [0.15, 0.2) is 30.7 Å². The van der Waals surface area contributed by atoms with Gasteiger partial charge in [0.25, 0.3) is 5.91 Å². The predicted molar refractivity (Wildman–Crippen MR) is 97.6 cm³/mol. The molecule has 1 amide bonds. The number of pyridine rings is 1. The van der Waals surface area contributed by atoms with Crippen LogP contribution in [-0.2, 0) is 0 Å². The van der Waals surface area contributed by atoms with Crippen molar-refractivity contribution in [3.63, 3.8) is 0 Å². The number of piperidine rings is 1. The molecule has 1 saturated carbocycles. The number of likely N-dealkylation sites (tertiary alicyclic amines) is 1. The van der Waals surface area contributed by atoms with E-state index in [4.69, 9.17) is 5.73 Å². The number of carbonyl (C=O) groups excluding carboxylic acids is 1. The van der Waals surface area contributed by atoms with E-state index in [0.717, 1.165) is 51.6 Å². The summed E-state index contributed by atoms with van der Waals surface area (Å²) >= 11 is 0. The van der Waals surface area contributed by atoms with Gasteiger partial charge in [0.05, 0.1) is 12.2 Å². The highest BCUT2D eigenvalue weighted by Crippen LogP contribution is 2.29.